The molecule has 1 aromatic heterocycles. The number of aromatic nitrogens is 1. The Labute approximate surface area is 373 Å². The van der Waals surface area contributed by atoms with E-state index < -0.39 is 0 Å². The summed E-state index contributed by atoms with van der Waals surface area (Å²) in [7, 11) is 0. The molecule has 0 radical (unpaired) electrons. The van der Waals surface area contributed by atoms with Gasteiger partial charge in [-0.15, -0.1) is 0 Å². The lowest BCUT2D eigenvalue weighted by molar-refractivity contribution is 0.788. The number of benzene rings is 10. The molecule has 64 heavy (non-hydrogen) atoms. The molecule has 0 amide bonds. The number of allylic oxidation sites excluding steroid dienone is 2. The van der Waals surface area contributed by atoms with Gasteiger partial charge in [0.15, 0.2) is 0 Å². The molecule has 0 bridgehead atoms. The number of rotatable bonds is 8. The molecule has 1 heterocycles. The van der Waals surface area contributed by atoms with Gasteiger partial charge in [0, 0.05) is 27.8 Å². The summed E-state index contributed by atoms with van der Waals surface area (Å²) in [5.41, 5.74) is 15.6. The Morgan fingerprint density at radius 1 is 0.391 bits per heavy atom. The average molecular weight is 817 g/mol. The van der Waals surface area contributed by atoms with Gasteiger partial charge in [-0.25, -0.2) is 0 Å². The fraction of sp³-hybridized carbons (Fsp3) is 0.0323. The first-order valence-electron chi connectivity index (χ1n) is 22.3. The zero-order valence-corrected chi connectivity index (χ0v) is 35.4. The molecule has 0 fully saturated rings. The Kier molecular flexibility index (Phi) is 9.34. The van der Waals surface area contributed by atoms with Crippen molar-refractivity contribution < 1.29 is 0 Å². The maximum Gasteiger partial charge on any atom is 0.0565 e. The number of hydrogen-bond acceptors (Lipinski definition) is 1. The van der Waals surface area contributed by atoms with Crippen molar-refractivity contribution in [3.05, 3.63) is 254 Å². The topological polar surface area (TPSA) is 8.17 Å². The lowest BCUT2D eigenvalue weighted by atomic mass is 9.92. The van der Waals surface area contributed by atoms with Gasteiger partial charge in [0.2, 0.25) is 0 Å². The molecular weight excluding hydrogens is 773 g/mol. The first kappa shape index (κ1) is 37.6. The van der Waals surface area contributed by atoms with Gasteiger partial charge in [0.05, 0.1) is 17.1 Å². The highest BCUT2D eigenvalue weighted by atomic mass is 15.2. The van der Waals surface area contributed by atoms with Gasteiger partial charge < -0.3 is 9.47 Å². The minimum Gasteiger partial charge on any atom is -0.334 e. The average Bonchev–Trinajstić information content (AvgIpc) is 3.70. The highest BCUT2D eigenvalue weighted by Crippen LogP contribution is 2.42. The largest absolute Gasteiger partial charge is 0.334 e. The number of para-hydroxylation sites is 1. The molecule has 0 saturated carbocycles. The summed E-state index contributed by atoms with van der Waals surface area (Å²) < 4.78 is 2.44. The van der Waals surface area contributed by atoms with Crippen LogP contribution in [0.3, 0.4) is 0 Å². The van der Waals surface area contributed by atoms with Crippen LogP contribution in [-0.2, 0) is 0 Å². The lowest BCUT2D eigenvalue weighted by Crippen LogP contribution is -2.30. The third kappa shape index (κ3) is 6.77. The molecule has 0 aliphatic heterocycles. The number of anilines is 2. The van der Waals surface area contributed by atoms with Gasteiger partial charge in [-0.3, -0.25) is 0 Å². The molecule has 1 aliphatic carbocycles. The number of hydrogen-bond donors (Lipinski definition) is 0. The van der Waals surface area contributed by atoms with Crippen LogP contribution in [-0.4, -0.2) is 10.6 Å². The second kappa shape index (κ2) is 15.9. The predicted molar refractivity (Wildman–Crippen MR) is 273 cm³/mol. The molecule has 11 aromatic rings. The smallest absolute Gasteiger partial charge is 0.0565 e. The van der Waals surface area contributed by atoms with E-state index in [1.165, 1.54) is 87.9 Å². The first-order chi connectivity index (χ1) is 31.7. The maximum atomic E-state index is 2.53. The van der Waals surface area contributed by atoms with E-state index in [2.05, 4.69) is 258 Å². The molecule has 302 valence electrons. The van der Waals surface area contributed by atoms with E-state index >= 15 is 0 Å². The van der Waals surface area contributed by atoms with Gasteiger partial charge in [0.1, 0.15) is 0 Å². The van der Waals surface area contributed by atoms with Crippen molar-refractivity contribution >= 4 is 60.3 Å². The van der Waals surface area contributed by atoms with E-state index in [4.69, 9.17) is 0 Å². The van der Waals surface area contributed by atoms with Gasteiger partial charge >= 0.3 is 0 Å². The van der Waals surface area contributed by atoms with Crippen molar-refractivity contribution in [3.63, 3.8) is 0 Å². The summed E-state index contributed by atoms with van der Waals surface area (Å²) in [5, 5.41) is 7.53. The summed E-state index contributed by atoms with van der Waals surface area (Å²) in [6, 6.07) is 84.3. The second-order valence-corrected chi connectivity index (χ2v) is 16.9. The summed E-state index contributed by atoms with van der Waals surface area (Å²) in [5.74, 6) is 0. The van der Waals surface area contributed by atoms with Crippen LogP contribution in [0, 0.1) is 0 Å². The van der Waals surface area contributed by atoms with Crippen molar-refractivity contribution in [2.75, 3.05) is 4.90 Å². The predicted octanol–water partition coefficient (Wildman–Crippen LogP) is 16.6. The van der Waals surface area contributed by atoms with E-state index in [1.54, 1.807) is 0 Å². The summed E-state index contributed by atoms with van der Waals surface area (Å²) in [6.45, 7) is 0. The minimum absolute atomic E-state index is 0.0670. The van der Waals surface area contributed by atoms with Gasteiger partial charge in [-0.1, -0.05) is 182 Å². The highest BCUT2D eigenvalue weighted by molar-refractivity contribution is 6.17. The van der Waals surface area contributed by atoms with E-state index in [0.717, 1.165) is 23.5 Å². The Bertz CT molecular complexity index is 3560. The second-order valence-electron chi connectivity index (χ2n) is 16.9. The monoisotopic (exact) mass is 816 g/mol. The van der Waals surface area contributed by atoms with Gasteiger partial charge in [-0.05, 0) is 139 Å². The third-order valence-corrected chi connectivity index (χ3v) is 13.0. The van der Waals surface area contributed by atoms with E-state index in [-0.39, 0.29) is 6.04 Å². The lowest BCUT2D eigenvalue weighted by Gasteiger charge is -2.34. The van der Waals surface area contributed by atoms with Crippen molar-refractivity contribution in [1.82, 2.24) is 4.57 Å². The molecule has 0 N–H and O–H groups in total. The minimum atomic E-state index is 0.0670. The van der Waals surface area contributed by atoms with Crippen LogP contribution in [0.5, 0.6) is 0 Å². The third-order valence-electron chi connectivity index (χ3n) is 13.0. The molecule has 1 unspecified atom stereocenters. The van der Waals surface area contributed by atoms with Crippen LogP contribution in [0.25, 0.3) is 88.0 Å². The quantitative estimate of drug-likeness (QED) is 0.148. The maximum absolute atomic E-state index is 2.53. The van der Waals surface area contributed by atoms with Gasteiger partial charge in [0.25, 0.3) is 0 Å². The first-order valence-corrected chi connectivity index (χ1v) is 22.3. The van der Waals surface area contributed by atoms with E-state index in [9.17, 15) is 0 Å². The Hall–Kier alpha value is -8.20. The van der Waals surface area contributed by atoms with E-state index in [0.29, 0.717) is 0 Å². The van der Waals surface area contributed by atoms with Crippen molar-refractivity contribution in [2.24, 2.45) is 0 Å². The Morgan fingerprint density at radius 3 is 1.61 bits per heavy atom. The molecule has 2 nitrogen and oxygen atoms in total. The van der Waals surface area contributed by atoms with Crippen molar-refractivity contribution in [3.8, 4) is 39.1 Å². The van der Waals surface area contributed by atoms with Crippen LogP contribution in [0.15, 0.2) is 249 Å². The zero-order valence-electron chi connectivity index (χ0n) is 35.4. The van der Waals surface area contributed by atoms with Crippen LogP contribution in [0.4, 0.5) is 11.4 Å². The van der Waals surface area contributed by atoms with Crippen molar-refractivity contribution in [2.45, 2.75) is 12.5 Å². The molecule has 0 spiro atoms. The standard InChI is InChI=1S/C62H44N2/c1-3-14-43(15-4-1)48-20-11-21-49(38-48)45-30-34-55(35-31-45)63(56-36-32-46(33-37-56)52-29-28-44-16-7-8-17-47(44)39-52)57-25-12-22-53(40-57)58-26-13-27-60-62(58)59-41-50-18-9-10-19-51(50)42-61(59)64(60)54-23-5-2-6-24-54/h1-24,26-42,57H,25H2. The summed E-state index contributed by atoms with van der Waals surface area (Å²) in [4.78, 5) is 2.53. The van der Waals surface area contributed by atoms with Crippen LogP contribution in [0.2, 0.25) is 0 Å². The molecule has 1 atom stereocenters. The fourth-order valence-corrected chi connectivity index (χ4v) is 9.91. The van der Waals surface area contributed by atoms with E-state index in [1.807, 2.05) is 0 Å². The molecule has 12 rings (SSSR count). The molecule has 0 saturated heterocycles. The molecular formula is C62H44N2. The molecule has 1 aliphatic rings. The number of nitrogens with zero attached hydrogens (tertiary/aromatic N) is 2. The normalized spacial score (nSPS) is 13.8. The Morgan fingerprint density at radius 2 is 0.922 bits per heavy atom. The Balaban J connectivity index is 0.978. The van der Waals surface area contributed by atoms with Crippen LogP contribution < -0.4 is 4.90 Å². The molecule has 2 heteroatoms. The zero-order chi connectivity index (χ0) is 42.4. The van der Waals surface area contributed by atoms with Crippen molar-refractivity contribution in [1.29, 1.82) is 0 Å². The fourth-order valence-electron chi connectivity index (χ4n) is 9.91. The van der Waals surface area contributed by atoms with Crippen LogP contribution in [0.1, 0.15) is 12.0 Å². The number of fused-ring (bicyclic) bond motifs is 5. The van der Waals surface area contributed by atoms with Crippen LogP contribution >= 0.6 is 0 Å². The summed E-state index contributed by atoms with van der Waals surface area (Å²) >= 11 is 0. The van der Waals surface area contributed by atoms with Gasteiger partial charge in [-0.2, -0.15) is 0 Å². The summed E-state index contributed by atoms with van der Waals surface area (Å²) in [6.07, 6.45) is 8.07. The highest BCUT2D eigenvalue weighted by Gasteiger charge is 2.24. The molecule has 10 aromatic carbocycles. The SMILES string of the molecule is C1=CC(c2cccc3c2c2cc4ccccc4cc2n3-c2ccccc2)=CC(N(c2ccc(-c3cccc(-c4ccccc4)c3)cc2)c2ccc(-c3ccc4ccccc4c3)cc2)C1.